The average molecular weight is 538 g/mol. The molecule has 0 aromatic heterocycles. The molecule has 2 saturated heterocycles. The van der Waals surface area contributed by atoms with Crippen LogP contribution < -0.4 is 10.6 Å². The van der Waals surface area contributed by atoms with E-state index < -0.39 is 67.1 Å². The monoisotopic (exact) mass is 537 g/mol. The van der Waals surface area contributed by atoms with Crippen molar-refractivity contribution in [2.45, 2.75) is 75.6 Å². The van der Waals surface area contributed by atoms with Crippen LogP contribution in [-0.2, 0) is 33.3 Å². The van der Waals surface area contributed by atoms with Crippen LogP contribution in [-0.4, -0.2) is 150 Å². The Morgan fingerprint density at radius 3 is 1.95 bits per heavy atom. The minimum absolute atomic E-state index is 0.0294. The highest BCUT2D eigenvalue weighted by molar-refractivity contribution is 5.81. The number of amides is 2. The lowest BCUT2D eigenvalue weighted by molar-refractivity contribution is -0.292. The Kier molecular flexibility index (Phi) is 13.2. The van der Waals surface area contributed by atoms with E-state index in [1.807, 2.05) is 0 Å². The zero-order valence-electron chi connectivity index (χ0n) is 21.0. The van der Waals surface area contributed by atoms with E-state index in [2.05, 4.69) is 10.6 Å². The Labute approximate surface area is 214 Å². The van der Waals surface area contributed by atoms with Crippen LogP contribution in [0.5, 0.6) is 0 Å². The summed E-state index contributed by atoms with van der Waals surface area (Å²) in [6.07, 6.45) is -8.55. The van der Waals surface area contributed by atoms with E-state index in [9.17, 15) is 39.9 Å². The molecule has 15 nitrogen and oxygen atoms in total. The van der Waals surface area contributed by atoms with Gasteiger partial charge in [0.15, 0.2) is 12.6 Å². The maximum absolute atomic E-state index is 12.2. The van der Waals surface area contributed by atoms with E-state index in [1.54, 1.807) is 6.92 Å². The van der Waals surface area contributed by atoms with E-state index in [4.69, 9.17) is 18.9 Å². The number of aldehydes is 1. The summed E-state index contributed by atoms with van der Waals surface area (Å²) < 4.78 is 21.4. The number of carbonyl (C=O) groups is 3. The van der Waals surface area contributed by atoms with Crippen molar-refractivity contribution in [2.75, 3.05) is 45.9 Å². The number of hydrogen-bond donors (Lipinski definition) is 7. The van der Waals surface area contributed by atoms with Gasteiger partial charge in [0.1, 0.15) is 30.7 Å². The highest BCUT2D eigenvalue weighted by Crippen LogP contribution is 2.22. The van der Waals surface area contributed by atoms with E-state index >= 15 is 0 Å². The van der Waals surface area contributed by atoms with Crippen molar-refractivity contribution in [3.63, 3.8) is 0 Å². The molecule has 0 saturated carbocycles. The standard InChI is InChI=1S/C22H39N3O12/c1-12-14(27)9-15(28)21(36-12)34-7-3-23-16(29)10-25(5-6-26)11-17(30)24-4-8-35-22-20(33)19(32)18(31)13(2)37-22/h6,12-15,18-22,27-28,31-33H,3-5,7-11H2,1-2H3,(H,23,29)(H,24,30)/t12-,13-,14-,15-,18+,19+,20-,21+,22+/m0/s1. The van der Waals surface area contributed by atoms with E-state index in [1.165, 1.54) is 11.8 Å². The van der Waals surface area contributed by atoms with Crippen LogP contribution in [0.3, 0.4) is 0 Å². The van der Waals surface area contributed by atoms with E-state index in [0.29, 0.717) is 6.29 Å². The average Bonchev–Trinajstić information content (AvgIpc) is 2.84. The number of carbonyl (C=O) groups excluding carboxylic acids is 3. The van der Waals surface area contributed by atoms with Crippen LogP contribution in [0.2, 0.25) is 0 Å². The molecule has 0 unspecified atom stereocenters. The molecule has 0 spiro atoms. The largest absolute Gasteiger partial charge is 0.390 e. The first-order chi connectivity index (χ1) is 17.5. The zero-order valence-corrected chi connectivity index (χ0v) is 21.0. The fourth-order valence-electron chi connectivity index (χ4n) is 3.78. The fraction of sp³-hybridized carbons (Fsp3) is 0.864. The molecule has 9 atom stereocenters. The molecule has 0 bridgehead atoms. The Morgan fingerprint density at radius 2 is 1.38 bits per heavy atom. The lowest BCUT2D eigenvalue weighted by Gasteiger charge is -2.38. The Bertz CT molecular complexity index is 731. The predicted octanol–water partition coefficient (Wildman–Crippen LogP) is -4.56. The van der Waals surface area contributed by atoms with Gasteiger partial charge in [-0.25, -0.2) is 0 Å². The van der Waals surface area contributed by atoms with Gasteiger partial charge in [-0.1, -0.05) is 0 Å². The van der Waals surface area contributed by atoms with Crippen molar-refractivity contribution >= 4 is 18.1 Å². The van der Waals surface area contributed by atoms with Crippen LogP contribution in [0.1, 0.15) is 20.3 Å². The van der Waals surface area contributed by atoms with Gasteiger partial charge in [0.2, 0.25) is 11.8 Å². The number of aliphatic hydroxyl groups excluding tert-OH is 5. The predicted molar refractivity (Wildman–Crippen MR) is 124 cm³/mol. The first-order valence-corrected chi connectivity index (χ1v) is 12.2. The summed E-state index contributed by atoms with van der Waals surface area (Å²) in [4.78, 5) is 36.7. The molecule has 2 heterocycles. The van der Waals surface area contributed by atoms with Gasteiger partial charge < -0.3 is 59.9 Å². The second-order valence-electron chi connectivity index (χ2n) is 9.04. The van der Waals surface area contributed by atoms with Crippen LogP contribution in [0.25, 0.3) is 0 Å². The fourth-order valence-corrected chi connectivity index (χ4v) is 3.78. The normalized spacial score (nSPS) is 34.2. The number of hydrogen-bond acceptors (Lipinski definition) is 13. The first kappa shape index (κ1) is 31.4. The number of rotatable bonds is 14. The van der Waals surface area contributed by atoms with Gasteiger partial charge in [-0.3, -0.25) is 14.5 Å². The van der Waals surface area contributed by atoms with Crippen LogP contribution in [0.15, 0.2) is 0 Å². The summed E-state index contributed by atoms with van der Waals surface area (Å²) in [7, 11) is 0. The second kappa shape index (κ2) is 15.6. The van der Waals surface area contributed by atoms with Gasteiger partial charge in [-0.15, -0.1) is 0 Å². The maximum Gasteiger partial charge on any atom is 0.234 e. The van der Waals surface area contributed by atoms with Gasteiger partial charge in [-0.05, 0) is 13.8 Å². The van der Waals surface area contributed by atoms with Crippen molar-refractivity contribution in [1.82, 2.24) is 15.5 Å². The molecule has 0 aromatic carbocycles. The summed E-state index contributed by atoms with van der Waals surface area (Å²) in [5.74, 6) is -0.927. The SMILES string of the molecule is C[C@@H]1O[C@@H](OCCNC(=O)CN(CC=O)CC(=O)NCCO[C@@H]2O[C@@H](C)[C@@H](O)C[C@@H]2O)[C@@H](O)[C@H](O)[C@@H]1O. The quantitative estimate of drug-likeness (QED) is 0.0821. The minimum Gasteiger partial charge on any atom is -0.390 e. The summed E-state index contributed by atoms with van der Waals surface area (Å²) in [5.41, 5.74) is 0. The molecule has 2 fully saturated rings. The molecule has 2 aliphatic rings. The minimum atomic E-state index is -1.45. The van der Waals surface area contributed by atoms with Gasteiger partial charge >= 0.3 is 0 Å². The molecular weight excluding hydrogens is 498 g/mol. The summed E-state index contributed by atoms with van der Waals surface area (Å²) in [5, 5.41) is 54.1. The molecule has 0 aromatic rings. The van der Waals surface area contributed by atoms with Crippen molar-refractivity contribution in [3.05, 3.63) is 0 Å². The highest BCUT2D eigenvalue weighted by Gasteiger charge is 2.42. The molecule has 0 aliphatic carbocycles. The van der Waals surface area contributed by atoms with Crippen molar-refractivity contribution in [2.24, 2.45) is 0 Å². The molecule has 7 N–H and O–H groups in total. The lowest BCUT2D eigenvalue weighted by Crippen LogP contribution is -2.57. The Balaban J connectivity index is 1.63. The van der Waals surface area contributed by atoms with Crippen LogP contribution in [0, 0.1) is 0 Å². The second-order valence-corrected chi connectivity index (χ2v) is 9.04. The third kappa shape index (κ3) is 10.1. The number of nitrogens with one attached hydrogen (secondary N) is 2. The molecular formula is C22H39N3O12. The van der Waals surface area contributed by atoms with Crippen molar-refractivity contribution in [3.8, 4) is 0 Å². The zero-order chi connectivity index (χ0) is 27.5. The third-order valence-electron chi connectivity index (χ3n) is 5.98. The summed E-state index contributed by atoms with van der Waals surface area (Å²) in [6, 6.07) is 0. The number of ether oxygens (including phenoxy) is 4. The smallest absolute Gasteiger partial charge is 0.234 e. The molecule has 2 rings (SSSR count). The highest BCUT2D eigenvalue weighted by atomic mass is 16.7. The lowest BCUT2D eigenvalue weighted by atomic mass is 10.0. The van der Waals surface area contributed by atoms with Crippen molar-refractivity contribution in [1.29, 1.82) is 0 Å². The molecule has 0 radical (unpaired) electrons. The Morgan fingerprint density at radius 1 is 0.838 bits per heavy atom. The van der Waals surface area contributed by atoms with E-state index in [-0.39, 0.29) is 52.4 Å². The van der Waals surface area contributed by atoms with Crippen LogP contribution >= 0.6 is 0 Å². The topological polar surface area (TPSA) is 217 Å². The van der Waals surface area contributed by atoms with Gasteiger partial charge in [0.05, 0.1) is 51.2 Å². The van der Waals surface area contributed by atoms with Gasteiger partial charge in [-0.2, -0.15) is 0 Å². The number of aliphatic hydroxyl groups is 5. The van der Waals surface area contributed by atoms with Gasteiger partial charge in [0, 0.05) is 19.5 Å². The molecule has 2 aliphatic heterocycles. The Hall–Kier alpha value is -1.79. The molecule has 37 heavy (non-hydrogen) atoms. The van der Waals surface area contributed by atoms with Crippen molar-refractivity contribution < 1.29 is 58.9 Å². The summed E-state index contributed by atoms with van der Waals surface area (Å²) in [6.45, 7) is 2.66. The molecule has 15 heteroatoms. The third-order valence-corrected chi connectivity index (χ3v) is 5.98. The molecule has 214 valence electrons. The molecule has 2 amide bonds. The summed E-state index contributed by atoms with van der Waals surface area (Å²) >= 11 is 0. The number of nitrogens with zero attached hydrogens (tertiary/aromatic N) is 1. The maximum atomic E-state index is 12.2. The van der Waals surface area contributed by atoms with Crippen LogP contribution in [0.4, 0.5) is 0 Å². The first-order valence-electron chi connectivity index (χ1n) is 12.2. The van der Waals surface area contributed by atoms with Gasteiger partial charge in [0.25, 0.3) is 0 Å². The van der Waals surface area contributed by atoms with E-state index in [0.717, 1.165) is 0 Å².